The van der Waals surface area contributed by atoms with Gasteiger partial charge in [0.1, 0.15) is 22.8 Å². The first-order valence-corrected chi connectivity index (χ1v) is 13.2. The molecule has 0 bridgehead atoms. The van der Waals surface area contributed by atoms with Crippen molar-refractivity contribution in [1.29, 1.82) is 0 Å². The number of nitrogens with one attached hydrogen (secondary N) is 1. The first-order chi connectivity index (χ1) is 17.1. The molecule has 2 aliphatic rings. The van der Waals surface area contributed by atoms with Crippen molar-refractivity contribution in [3.63, 3.8) is 0 Å². The first kappa shape index (κ1) is 24.7. The highest BCUT2D eigenvalue weighted by Gasteiger charge is 2.36. The molecule has 194 valence electrons. The fourth-order valence-electron chi connectivity index (χ4n) is 4.71. The molecule has 2 saturated carbocycles. The Bertz CT molecular complexity index is 1340. The number of ether oxygens (including phenoxy) is 1. The fraction of sp³-hybridized carbons (Fsp3) is 0.545. The zero-order chi connectivity index (χ0) is 25.5. The molecule has 0 radical (unpaired) electrons. The van der Waals surface area contributed by atoms with Crippen LogP contribution in [0.3, 0.4) is 0 Å². The second kappa shape index (κ2) is 9.47. The molecule has 2 atom stereocenters. The van der Waals surface area contributed by atoms with Crippen LogP contribution in [0.1, 0.15) is 68.6 Å². The van der Waals surface area contributed by atoms with E-state index in [0.717, 1.165) is 44.2 Å². The van der Waals surface area contributed by atoms with Crippen LogP contribution in [0.15, 0.2) is 33.9 Å². The van der Waals surface area contributed by atoms with E-state index in [1.165, 1.54) is 6.07 Å². The van der Waals surface area contributed by atoms with E-state index in [2.05, 4.69) is 29.8 Å². The van der Waals surface area contributed by atoms with Crippen molar-refractivity contribution in [3.8, 4) is 17.1 Å². The lowest BCUT2D eigenvalue weighted by atomic mass is 9.85. The largest absolute Gasteiger partial charge is 0.573 e. The van der Waals surface area contributed by atoms with E-state index < -0.39 is 33.1 Å². The summed E-state index contributed by atoms with van der Waals surface area (Å²) < 4.78 is 79.9. The number of nitrogens with zero attached hydrogens (tertiary/aromatic N) is 5. The molecular formula is C22H25F3N6O4S. The van der Waals surface area contributed by atoms with Gasteiger partial charge in [-0.05, 0) is 63.6 Å². The summed E-state index contributed by atoms with van der Waals surface area (Å²) in [4.78, 5) is 3.66. The average Bonchev–Trinajstić information content (AvgIpc) is 3.40. The van der Waals surface area contributed by atoms with Crippen LogP contribution in [0, 0.1) is 6.92 Å². The SMILES string of the molecule is Cc1nncn1C1CCCC(NS(=O)(=O)c2ccc(-c3noc(C4CCC4)n3)cc2OC(F)(F)F)C1. The Balaban J connectivity index is 1.40. The number of hydrogen-bond donors (Lipinski definition) is 1. The molecule has 0 saturated heterocycles. The highest BCUT2D eigenvalue weighted by Crippen LogP contribution is 2.38. The average molecular weight is 527 g/mol. The van der Waals surface area contributed by atoms with Crippen molar-refractivity contribution in [2.75, 3.05) is 0 Å². The monoisotopic (exact) mass is 526 g/mol. The second-order valence-electron chi connectivity index (χ2n) is 9.22. The highest BCUT2D eigenvalue weighted by atomic mass is 32.2. The van der Waals surface area contributed by atoms with Crippen LogP contribution in [0.4, 0.5) is 13.2 Å². The van der Waals surface area contributed by atoms with Crippen LogP contribution >= 0.6 is 0 Å². The summed E-state index contributed by atoms with van der Waals surface area (Å²) in [6.45, 7) is 1.81. The molecule has 14 heteroatoms. The van der Waals surface area contributed by atoms with E-state index in [1.54, 1.807) is 6.33 Å². The predicted octanol–water partition coefficient (Wildman–Crippen LogP) is 4.26. The van der Waals surface area contributed by atoms with Crippen LogP contribution < -0.4 is 9.46 Å². The van der Waals surface area contributed by atoms with Crippen LogP contribution in [0.2, 0.25) is 0 Å². The molecular weight excluding hydrogens is 501 g/mol. The van der Waals surface area contributed by atoms with Gasteiger partial charge in [-0.1, -0.05) is 11.6 Å². The van der Waals surface area contributed by atoms with E-state index in [-0.39, 0.29) is 23.3 Å². The Hall–Kier alpha value is -3.00. The summed E-state index contributed by atoms with van der Waals surface area (Å²) in [6, 6.07) is 2.90. The Labute approximate surface area is 205 Å². The van der Waals surface area contributed by atoms with Crippen LogP contribution in [-0.4, -0.2) is 45.7 Å². The van der Waals surface area contributed by atoms with Crippen molar-refractivity contribution in [3.05, 3.63) is 36.2 Å². The van der Waals surface area contributed by atoms with Crippen LogP contribution in [-0.2, 0) is 10.0 Å². The van der Waals surface area contributed by atoms with E-state index in [1.807, 2.05) is 11.5 Å². The van der Waals surface area contributed by atoms with Gasteiger partial charge in [-0.2, -0.15) is 4.98 Å². The van der Waals surface area contributed by atoms with E-state index in [4.69, 9.17) is 4.52 Å². The maximum atomic E-state index is 13.2. The summed E-state index contributed by atoms with van der Waals surface area (Å²) in [5, 5.41) is 11.7. The minimum Gasteiger partial charge on any atom is -0.404 e. The summed E-state index contributed by atoms with van der Waals surface area (Å²) in [5.41, 5.74) is 0.156. The molecule has 2 aliphatic carbocycles. The number of rotatable bonds is 7. The Morgan fingerprint density at radius 3 is 2.61 bits per heavy atom. The minimum atomic E-state index is -5.10. The Morgan fingerprint density at radius 2 is 1.94 bits per heavy atom. The van der Waals surface area contributed by atoms with Gasteiger partial charge in [0.05, 0.1) is 0 Å². The molecule has 2 heterocycles. The lowest BCUT2D eigenvalue weighted by Crippen LogP contribution is -2.39. The van der Waals surface area contributed by atoms with Gasteiger partial charge in [-0.25, -0.2) is 13.1 Å². The number of alkyl halides is 3. The number of hydrogen-bond acceptors (Lipinski definition) is 8. The van der Waals surface area contributed by atoms with Crippen molar-refractivity contribution in [2.45, 2.75) is 81.1 Å². The second-order valence-corrected chi connectivity index (χ2v) is 10.9. The van der Waals surface area contributed by atoms with Crippen molar-refractivity contribution in [1.82, 2.24) is 29.6 Å². The lowest BCUT2D eigenvalue weighted by Gasteiger charge is -2.30. The predicted molar refractivity (Wildman–Crippen MR) is 119 cm³/mol. The molecule has 1 N–H and O–H groups in total. The molecule has 1 aromatic carbocycles. The molecule has 2 fully saturated rings. The quantitative estimate of drug-likeness (QED) is 0.484. The third-order valence-corrected chi connectivity index (χ3v) is 8.29. The van der Waals surface area contributed by atoms with E-state index >= 15 is 0 Å². The topological polar surface area (TPSA) is 125 Å². The van der Waals surface area contributed by atoms with Crippen molar-refractivity contribution < 1.29 is 30.8 Å². The molecule has 0 aliphatic heterocycles. The molecule has 10 nitrogen and oxygen atoms in total. The Morgan fingerprint density at radius 1 is 1.17 bits per heavy atom. The van der Waals surface area contributed by atoms with Crippen molar-refractivity contribution in [2.24, 2.45) is 0 Å². The molecule has 0 spiro atoms. The molecule has 0 amide bonds. The van der Waals surface area contributed by atoms with Gasteiger partial charge in [-0.3, -0.25) is 0 Å². The highest BCUT2D eigenvalue weighted by molar-refractivity contribution is 7.89. The number of aromatic nitrogens is 5. The maximum absolute atomic E-state index is 13.2. The van der Waals surface area contributed by atoms with Gasteiger partial charge in [0, 0.05) is 23.6 Å². The van der Waals surface area contributed by atoms with Gasteiger partial charge in [0.2, 0.25) is 21.7 Å². The summed E-state index contributed by atoms with van der Waals surface area (Å²) >= 11 is 0. The minimum absolute atomic E-state index is 0.0159. The van der Waals surface area contributed by atoms with Gasteiger partial charge in [-0.15, -0.1) is 23.4 Å². The third-order valence-electron chi connectivity index (χ3n) is 6.73. The van der Waals surface area contributed by atoms with E-state index in [9.17, 15) is 21.6 Å². The normalized spacial score (nSPS) is 21.3. The standard InChI is InChI=1S/C22H25F3N6O4S/c1-13-28-26-12-31(13)17-7-3-6-16(11-17)30-36(32,33)19-9-8-15(10-18(19)34-22(23,24)25)20-27-21(35-29-20)14-4-2-5-14/h8-10,12,14,16-17,30H,2-7,11H2,1H3. The van der Waals surface area contributed by atoms with Gasteiger partial charge < -0.3 is 13.8 Å². The summed E-state index contributed by atoms with van der Waals surface area (Å²) in [6.07, 6.45) is 1.93. The number of benzene rings is 1. The zero-order valence-electron chi connectivity index (χ0n) is 19.4. The van der Waals surface area contributed by atoms with Gasteiger partial charge in [0.15, 0.2) is 0 Å². The smallest absolute Gasteiger partial charge is 0.404 e. The third kappa shape index (κ3) is 5.24. The molecule has 5 rings (SSSR count). The number of halogens is 3. The number of aryl methyl sites for hydroxylation is 1. The van der Waals surface area contributed by atoms with E-state index in [0.29, 0.717) is 24.6 Å². The van der Waals surface area contributed by atoms with Crippen LogP contribution in [0.5, 0.6) is 5.75 Å². The summed E-state index contributed by atoms with van der Waals surface area (Å²) in [5.74, 6) is 0.483. The van der Waals surface area contributed by atoms with Gasteiger partial charge >= 0.3 is 6.36 Å². The van der Waals surface area contributed by atoms with Crippen molar-refractivity contribution >= 4 is 10.0 Å². The molecule has 2 unspecified atom stereocenters. The number of sulfonamides is 1. The van der Waals surface area contributed by atoms with Crippen LogP contribution in [0.25, 0.3) is 11.4 Å². The molecule has 2 aromatic heterocycles. The van der Waals surface area contributed by atoms with Gasteiger partial charge in [0.25, 0.3) is 0 Å². The Kier molecular flexibility index (Phi) is 6.49. The first-order valence-electron chi connectivity index (χ1n) is 11.7. The zero-order valence-corrected chi connectivity index (χ0v) is 20.2. The molecule has 36 heavy (non-hydrogen) atoms. The fourth-order valence-corrected chi connectivity index (χ4v) is 6.10. The maximum Gasteiger partial charge on any atom is 0.573 e. The molecule has 3 aromatic rings. The summed E-state index contributed by atoms with van der Waals surface area (Å²) in [7, 11) is -4.35. The lowest BCUT2D eigenvalue weighted by molar-refractivity contribution is -0.275.